The Kier molecular flexibility index (Phi) is 8.39. The maximum Gasteiger partial charge on any atom is 0.193 e. The highest BCUT2D eigenvalue weighted by Crippen LogP contribution is 2.18. The van der Waals surface area contributed by atoms with E-state index in [0.717, 1.165) is 22.7 Å². The summed E-state index contributed by atoms with van der Waals surface area (Å²) in [6.07, 6.45) is -0.0627. The van der Waals surface area contributed by atoms with E-state index in [4.69, 9.17) is 15.2 Å². The average molecular weight is 441 g/mol. The second kappa shape index (κ2) is 10.0. The molecule has 2 aromatic rings. The predicted molar refractivity (Wildman–Crippen MR) is 110 cm³/mol. The largest absolute Gasteiger partial charge is 0.497 e. The number of anilines is 1. The Morgan fingerprint density at radius 1 is 1.17 bits per heavy atom. The number of aryl methyl sites for hydroxylation is 1. The molecule has 0 aromatic heterocycles. The summed E-state index contributed by atoms with van der Waals surface area (Å²) < 4.78 is 11.0. The second-order valence-corrected chi connectivity index (χ2v) is 5.27. The Hall–Kier alpha value is -1.96. The number of hydrogen-bond donors (Lipinski definition) is 2. The van der Waals surface area contributed by atoms with Crippen LogP contribution in [0.15, 0.2) is 53.5 Å². The fourth-order valence-corrected chi connectivity index (χ4v) is 2.03. The molecule has 1 atom stereocenters. The molecule has 2 aromatic carbocycles. The molecule has 0 aliphatic heterocycles. The number of para-hydroxylation sites is 1. The molecule has 0 aliphatic carbocycles. The van der Waals surface area contributed by atoms with Gasteiger partial charge in [-0.05, 0) is 49.7 Å². The van der Waals surface area contributed by atoms with Gasteiger partial charge in [-0.15, -0.1) is 24.0 Å². The average Bonchev–Trinajstić information content (AvgIpc) is 2.56. The number of guanidine groups is 1. The maximum atomic E-state index is 5.90. The SMILES string of the molecule is COc1ccc(NC(N)=NCC(C)Oc2ccccc2C)cc1.I. The lowest BCUT2D eigenvalue weighted by Gasteiger charge is -2.15. The Labute approximate surface area is 160 Å². The molecule has 0 spiro atoms. The van der Waals surface area contributed by atoms with E-state index < -0.39 is 0 Å². The van der Waals surface area contributed by atoms with Crippen molar-refractivity contribution in [1.29, 1.82) is 0 Å². The summed E-state index contributed by atoms with van der Waals surface area (Å²) in [6.45, 7) is 4.46. The molecule has 0 fully saturated rings. The van der Waals surface area contributed by atoms with Crippen molar-refractivity contribution in [3.8, 4) is 11.5 Å². The van der Waals surface area contributed by atoms with E-state index in [9.17, 15) is 0 Å². The minimum Gasteiger partial charge on any atom is -0.497 e. The van der Waals surface area contributed by atoms with Gasteiger partial charge < -0.3 is 20.5 Å². The third-order valence-electron chi connectivity index (χ3n) is 3.30. The standard InChI is InChI=1S/C18H23N3O2.HI/c1-13-6-4-5-7-17(13)23-14(2)12-20-18(19)21-15-8-10-16(22-3)11-9-15;/h4-11,14H,12H2,1-3H3,(H3,19,20,21);1H. The number of hydrogen-bond acceptors (Lipinski definition) is 3. The molecule has 0 radical (unpaired) electrons. The fourth-order valence-electron chi connectivity index (χ4n) is 2.03. The van der Waals surface area contributed by atoms with Gasteiger partial charge >= 0.3 is 0 Å². The zero-order chi connectivity index (χ0) is 16.7. The van der Waals surface area contributed by atoms with Crippen LogP contribution in [0.25, 0.3) is 0 Å². The number of nitrogens with two attached hydrogens (primary N) is 1. The normalized spacial score (nSPS) is 12.0. The summed E-state index contributed by atoms with van der Waals surface area (Å²) in [4.78, 5) is 4.31. The molecule has 6 heteroatoms. The monoisotopic (exact) mass is 441 g/mol. The molecule has 0 heterocycles. The smallest absolute Gasteiger partial charge is 0.193 e. The Bertz CT molecular complexity index is 660. The van der Waals surface area contributed by atoms with Crippen molar-refractivity contribution in [3.05, 3.63) is 54.1 Å². The first-order chi connectivity index (χ1) is 11.1. The van der Waals surface area contributed by atoms with E-state index in [1.54, 1.807) is 7.11 Å². The zero-order valence-corrected chi connectivity index (χ0v) is 16.5. The summed E-state index contributed by atoms with van der Waals surface area (Å²) in [7, 11) is 1.63. The minimum atomic E-state index is -0.0627. The number of benzene rings is 2. The van der Waals surface area contributed by atoms with Gasteiger partial charge in [-0.2, -0.15) is 0 Å². The molecule has 3 N–H and O–H groups in total. The van der Waals surface area contributed by atoms with E-state index in [0.29, 0.717) is 12.5 Å². The van der Waals surface area contributed by atoms with E-state index in [-0.39, 0.29) is 30.1 Å². The van der Waals surface area contributed by atoms with Crippen LogP contribution in [0.2, 0.25) is 0 Å². The van der Waals surface area contributed by atoms with E-state index in [2.05, 4.69) is 10.3 Å². The van der Waals surface area contributed by atoms with Crippen LogP contribution in [-0.2, 0) is 0 Å². The first-order valence-electron chi connectivity index (χ1n) is 7.52. The van der Waals surface area contributed by atoms with Gasteiger partial charge in [0.2, 0.25) is 0 Å². The number of nitrogens with zero attached hydrogens (tertiary/aromatic N) is 1. The van der Waals surface area contributed by atoms with Gasteiger partial charge in [-0.1, -0.05) is 18.2 Å². The Balaban J connectivity index is 0.00000288. The van der Waals surface area contributed by atoms with Crippen molar-refractivity contribution in [2.45, 2.75) is 20.0 Å². The second-order valence-electron chi connectivity index (χ2n) is 5.27. The first kappa shape index (κ1) is 20.1. The molecule has 5 nitrogen and oxygen atoms in total. The topological polar surface area (TPSA) is 68.9 Å². The number of halogens is 1. The Morgan fingerprint density at radius 2 is 1.83 bits per heavy atom. The van der Waals surface area contributed by atoms with Gasteiger partial charge in [0.05, 0.1) is 13.7 Å². The fraction of sp³-hybridized carbons (Fsp3) is 0.278. The number of rotatable bonds is 6. The van der Waals surface area contributed by atoms with Crippen molar-refractivity contribution in [2.24, 2.45) is 10.7 Å². The highest BCUT2D eigenvalue weighted by atomic mass is 127. The van der Waals surface area contributed by atoms with E-state index >= 15 is 0 Å². The summed E-state index contributed by atoms with van der Waals surface area (Å²) in [5.74, 6) is 2.03. The van der Waals surface area contributed by atoms with Crippen molar-refractivity contribution in [2.75, 3.05) is 19.0 Å². The van der Waals surface area contributed by atoms with Gasteiger partial charge in [-0.3, -0.25) is 0 Å². The molecule has 0 amide bonds. The molecule has 0 bridgehead atoms. The maximum absolute atomic E-state index is 5.90. The first-order valence-corrected chi connectivity index (χ1v) is 7.52. The van der Waals surface area contributed by atoms with Crippen LogP contribution in [0, 0.1) is 6.92 Å². The Morgan fingerprint density at radius 3 is 2.46 bits per heavy atom. The van der Waals surface area contributed by atoms with Crippen molar-refractivity contribution < 1.29 is 9.47 Å². The highest BCUT2D eigenvalue weighted by Gasteiger charge is 2.05. The summed E-state index contributed by atoms with van der Waals surface area (Å²) >= 11 is 0. The molecule has 0 saturated heterocycles. The molecule has 24 heavy (non-hydrogen) atoms. The van der Waals surface area contributed by atoms with Crippen LogP contribution < -0.4 is 20.5 Å². The third-order valence-corrected chi connectivity index (χ3v) is 3.30. The number of nitrogens with one attached hydrogen (secondary N) is 1. The molecule has 130 valence electrons. The summed E-state index contributed by atoms with van der Waals surface area (Å²) in [5.41, 5.74) is 7.86. The highest BCUT2D eigenvalue weighted by molar-refractivity contribution is 14.0. The number of ether oxygens (including phenoxy) is 2. The van der Waals surface area contributed by atoms with Crippen LogP contribution in [0.3, 0.4) is 0 Å². The van der Waals surface area contributed by atoms with Crippen LogP contribution in [0.1, 0.15) is 12.5 Å². The molecule has 0 aliphatic rings. The lowest BCUT2D eigenvalue weighted by atomic mass is 10.2. The van der Waals surface area contributed by atoms with Crippen molar-refractivity contribution in [1.82, 2.24) is 0 Å². The van der Waals surface area contributed by atoms with Gasteiger partial charge in [0.25, 0.3) is 0 Å². The molecule has 0 saturated carbocycles. The van der Waals surface area contributed by atoms with Crippen LogP contribution >= 0.6 is 24.0 Å². The number of aliphatic imine (C=N–C) groups is 1. The third kappa shape index (κ3) is 6.27. The lowest BCUT2D eigenvalue weighted by Crippen LogP contribution is -2.25. The molecule has 1 unspecified atom stereocenters. The van der Waals surface area contributed by atoms with Crippen LogP contribution in [0.4, 0.5) is 5.69 Å². The van der Waals surface area contributed by atoms with Gasteiger partial charge in [-0.25, -0.2) is 4.99 Å². The van der Waals surface area contributed by atoms with Gasteiger partial charge in [0.1, 0.15) is 17.6 Å². The van der Waals surface area contributed by atoms with E-state index in [1.807, 2.05) is 62.4 Å². The zero-order valence-electron chi connectivity index (χ0n) is 14.2. The number of methoxy groups -OCH3 is 1. The molecule has 2 rings (SSSR count). The predicted octanol–water partition coefficient (Wildman–Crippen LogP) is 3.82. The quantitative estimate of drug-likeness (QED) is 0.407. The van der Waals surface area contributed by atoms with Crippen LogP contribution in [0.5, 0.6) is 11.5 Å². The van der Waals surface area contributed by atoms with Gasteiger partial charge in [0.15, 0.2) is 5.96 Å². The minimum absolute atomic E-state index is 0. The molecular formula is C18H24IN3O2. The van der Waals surface area contributed by atoms with Crippen molar-refractivity contribution >= 4 is 35.6 Å². The van der Waals surface area contributed by atoms with Crippen molar-refractivity contribution in [3.63, 3.8) is 0 Å². The summed E-state index contributed by atoms with van der Waals surface area (Å²) in [6, 6.07) is 15.4. The van der Waals surface area contributed by atoms with E-state index in [1.165, 1.54) is 0 Å². The van der Waals surface area contributed by atoms with Crippen LogP contribution in [-0.4, -0.2) is 25.7 Å². The van der Waals surface area contributed by atoms with Gasteiger partial charge in [0, 0.05) is 5.69 Å². The summed E-state index contributed by atoms with van der Waals surface area (Å²) in [5, 5.41) is 3.04. The molecular weight excluding hydrogens is 417 g/mol. The lowest BCUT2D eigenvalue weighted by molar-refractivity contribution is 0.229.